The molecule has 0 spiro atoms. The van der Waals surface area contributed by atoms with Gasteiger partial charge in [0.1, 0.15) is 11.4 Å². The van der Waals surface area contributed by atoms with E-state index in [9.17, 15) is 9.90 Å². The molecule has 5 rings (SSSR count). The summed E-state index contributed by atoms with van der Waals surface area (Å²) in [5.74, 6) is 0.429. The van der Waals surface area contributed by atoms with Crippen molar-refractivity contribution >= 4 is 11.9 Å². The lowest BCUT2D eigenvalue weighted by Crippen LogP contribution is -2.46. The molecule has 2 aliphatic rings. The standard InChI is InChI=1S/C29H38N6O5/c1-29(2,3)40-28(37)34-10-8-20(9-11-34)39-22-14-21(15-22)38-13-12-35-18-19(17-31-35)24-16-25(32-33-27(24)30)23-6-4-5-7-26(23)36/h4-7,16-18,20-22,36H,8-15H2,1-3H3,(H2,30,33)/t21-,22-. The fourth-order valence-electron chi connectivity index (χ4n) is 4.93. The van der Waals surface area contributed by atoms with Crippen LogP contribution in [0.3, 0.4) is 0 Å². The van der Waals surface area contributed by atoms with E-state index in [1.165, 1.54) is 0 Å². The van der Waals surface area contributed by atoms with Gasteiger partial charge in [-0.15, -0.1) is 10.2 Å². The van der Waals surface area contributed by atoms with Gasteiger partial charge in [0, 0.05) is 36.0 Å². The number of nitrogens with two attached hydrogens (primary N) is 1. The lowest BCUT2D eigenvalue weighted by atomic mass is 9.91. The van der Waals surface area contributed by atoms with Crippen molar-refractivity contribution in [3.05, 3.63) is 42.7 Å². The Bertz CT molecular complexity index is 1310. The molecule has 214 valence electrons. The Labute approximate surface area is 234 Å². The number of piperidine rings is 1. The highest BCUT2D eigenvalue weighted by Crippen LogP contribution is 2.32. The smallest absolute Gasteiger partial charge is 0.410 e. The second kappa shape index (κ2) is 11.8. The highest BCUT2D eigenvalue weighted by atomic mass is 16.6. The Morgan fingerprint density at radius 3 is 2.55 bits per heavy atom. The fourth-order valence-corrected chi connectivity index (χ4v) is 4.93. The summed E-state index contributed by atoms with van der Waals surface area (Å²) in [6, 6.07) is 8.79. The first-order valence-electron chi connectivity index (χ1n) is 13.8. The van der Waals surface area contributed by atoms with E-state index in [1.807, 2.05) is 43.8 Å². The Morgan fingerprint density at radius 2 is 1.82 bits per heavy atom. The van der Waals surface area contributed by atoms with Crippen LogP contribution in [0.5, 0.6) is 5.75 Å². The van der Waals surface area contributed by atoms with Gasteiger partial charge in [-0.25, -0.2) is 4.79 Å². The summed E-state index contributed by atoms with van der Waals surface area (Å²) in [4.78, 5) is 14.0. The molecule has 2 aromatic heterocycles. The first kappa shape index (κ1) is 27.9. The third kappa shape index (κ3) is 6.89. The van der Waals surface area contributed by atoms with E-state index in [1.54, 1.807) is 29.3 Å². The first-order valence-corrected chi connectivity index (χ1v) is 13.8. The molecule has 1 saturated heterocycles. The van der Waals surface area contributed by atoms with Gasteiger partial charge in [-0.1, -0.05) is 12.1 Å². The summed E-state index contributed by atoms with van der Waals surface area (Å²) in [5.41, 5.74) is 8.27. The van der Waals surface area contributed by atoms with Crippen LogP contribution < -0.4 is 5.73 Å². The molecule has 0 unspecified atom stereocenters. The number of phenols is 1. The zero-order chi connectivity index (χ0) is 28.3. The van der Waals surface area contributed by atoms with E-state index in [2.05, 4.69) is 15.3 Å². The van der Waals surface area contributed by atoms with E-state index >= 15 is 0 Å². The summed E-state index contributed by atoms with van der Waals surface area (Å²) in [6.45, 7) is 8.12. The Morgan fingerprint density at radius 1 is 1.07 bits per heavy atom. The number of anilines is 1. The maximum absolute atomic E-state index is 12.2. The molecular formula is C29H38N6O5. The maximum Gasteiger partial charge on any atom is 0.410 e. The minimum absolute atomic E-state index is 0.132. The number of phenolic OH excluding ortho intramolecular Hbond substituents is 1. The predicted molar refractivity (Wildman–Crippen MR) is 149 cm³/mol. The van der Waals surface area contributed by atoms with Crippen molar-refractivity contribution in [3.63, 3.8) is 0 Å². The van der Waals surface area contributed by atoms with Gasteiger partial charge in [0.25, 0.3) is 0 Å². The third-order valence-corrected chi connectivity index (χ3v) is 7.15. The summed E-state index contributed by atoms with van der Waals surface area (Å²) >= 11 is 0. The number of likely N-dealkylation sites (tertiary alicyclic amines) is 1. The molecule has 11 heteroatoms. The van der Waals surface area contributed by atoms with E-state index in [0.717, 1.165) is 31.2 Å². The summed E-state index contributed by atoms with van der Waals surface area (Å²) < 4.78 is 19.6. The van der Waals surface area contributed by atoms with Gasteiger partial charge in [0.15, 0.2) is 5.82 Å². The van der Waals surface area contributed by atoms with Crippen LogP contribution in [0.4, 0.5) is 10.6 Å². The number of ether oxygens (including phenoxy) is 3. The molecule has 1 aliphatic carbocycles. The number of benzene rings is 1. The predicted octanol–water partition coefficient (Wildman–Crippen LogP) is 4.26. The Hall–Kier alpha value is -3.70. The molecule has 3 N–H and O–H groups in total. The van der Waals surface area contributed by atoms with E-state index in [-0.39, 0.29) is 30.2 Å². The summed E-state index contributed by atoms with van der Waals surface area (Å²) in [5, 5.41) is 22.8. The van der Waals surface area contributed by atoms with Crippen LogP contribution in [0.1, 0.15) is 46.5 Å². The largest absolute Gasteiger partial charge is 0.507 e. The minimum Gasteiger partial charge on any atom is -0.507 e. The molecule has 3 heterocycles. The third-order valence-electron chi connectivity index (χ3n) is 7.15. The molecule has 1 saturated carbocycles. The van der Waals surface area contributed by atoms with E-state index in [4.69, 9.17) is 19.9 Å². The number of nitrogens with zero attached hydrogens (tertiary/aromatic N) is 5. The van der Waals surface area contributed by atoms with Crippen LogP contribution in [0.15, 0.2) is 42.7 Å². The number of carbonyl (C=O) groups excluding carboxylic acids is 1. The maximum atomic E-state index is 12.2. The minimum atomic E-state index is -0.478. The number of aromatic nitrogens is 4. The quantitative estimate of drug-likeness (QED) is 0.421. The number of aromatic hydroxyl groups is 1. The second-order valence-corrected chi connectivity index (χ2v) is 11.4. The summed E-state index contributed by atoms with van der Waals surface area (Å²) in [7, 11) is 0. The molecule has 1 aromatic carbocycles. The molecule has 2 fully saturated rings. The molecule has 3 aromatic rings. The zero-order valence-electron chi connectivity index (χ0n) is 23.3. The number of carbonyl (C=O) groups is 1. The first-order chi connectivity index (χ1) is 19.1. The monoisotopic (exact) mass is 550 g/mol. The van der Waals surface area contributed by atoms with Crippen LogP contribution >= 0.6 is 0 Å². The van der Waals surface area contributed by atoms with Gasteiger partial charge < -0.3 is 30.0 Å². The van der Waals surface area contributed by atoms with Crippen molar-refractivity contribution in [2.45, 2.75) is 76.9 Å². The SMILES string of the molecule is CC(C)(C)OC(=O)N1CCC(O[C@H]2C[C@H](OCCn3cc(-c4cc(-c5ccccc5O)nnc4N)cn3)C2)CC1. The number of amides is 1. The highest BCUT2D eigenvalue weighted by molar-refractivity contribution is 5.78. The van der Waals surface area contributed by atoms with Gasteiger partial charge in [-0.3, -0.25) is 4.68 Å². The highest BCUT2D eigenvalue weighted by Gasteiger charge is 2.34. The molecule has 0 bridgehead atoms. The van der Waals surface area contributed by atoms with Crippen LogP contribution in [-0.2, 0) is 20.8 Å². The zero-order valence-corrected chi connectivity index (χ0v) is 23.3. The Kier molecular flexibility index (Phi) is 8.22. The van der Waals surface area contributed by atoms with Crippen molar-refractivity contribution in [2.75, 3.05) is 25.4 Å². The number of rotatable bonds is 8. The normalized spacial score (nSPS) is 19.8. The molecule has 1 aliphatic heterocycles. The van der Waals surface area contributed by atoms with Gasteiger partial charge in [-0.2, -0.15) is 5.10 Å². The van der Waals surface area contributed by atoms with Gasteiger partial charge in [-0.05, 0) is 64.7 Å². The van der Waals surface area contributed by atoms with Crippen molar-refractivity contribution in [3.8, 4) is 28.1 Å². The Balaban J connectivity index is 1.03. The second-order valence-electron chi connectivity index (χ2n) is 11.4. The number of hydrogen-bond acceptors (Lipinski definition) is 9. The van der Waals surface area contributed by atoms with Crippen LogP contribution in [0.2, 0.25) is 0 Å². The molecule has 40 heavy (non-hydrogen) atoms. The van der Waals surface area contributed by atoms with Crippen LogP contribution in [0, 0.1) is 0 Å². The molecule has 0 radical (unpaired) electrons. The molecular weight excluding hydrogens is 512 g/mol. The number of nitrogen functional groups attached to an aromatic ring is 1. The lowest BCUT2D eigenvalue weighted by molar-refractivity contribution is -0.135. The van der Waals surface area contributed by atoms with Gasteiger partial charge >= 0.3 is 6.09 Å². The molecule has 11 nitrogen and oxygen atoms in total. The van der Waals surface area contributed by atoms with Crippen LogP contribution in [-0.4, -0.2) is 79.7 Å². The van der Waals surface area contributed by atoms with Crippen molar-refractivity contribution in [2.24, 2.45) is 0 Å². The van der Waals surface area contributed by atoms with Crippen molar-refractivity contribution in [1.29, 1.82) is 0 Å². The molecule has 1 amide bonds. The van der Waals surface area contributed by atoms with Gasteiger partial charge in [0.05, 0.1) is 43.4 Å². The number of para-hydroxylation sites is 1. The van der Waals surface area contributed by atoms with Crippen molar-refractivity contribution < 1.29 is 24.1 Å². The average Bonchev–Trinajstić information content (AvgIpc) is 3.36. The van der Waals surface area contributed by atoms with E-state index in [0.29, 0.717) is 48.9 Å². The number of hydrogen-bond donors (Lipinski definition) is 2. The van der Waals surface area contributed by atoms with E-state index < -0.39 is 5.60 Å². The topological polar surface area (TPSA) is 138 Å². The summed E-state index contributed by atoms with van der Waals surface area (Å²) in [6.07, 6.45) is 7.38. The van der Waals surface area contributed by atoms with Gasteiger partial charge in [0.2, 0.25) is 0 Å². The molecule has 0 atom stereocenters. The average molecular weight is 551 g/mol. The van der Waals surface area contributed by atoms with Crippen molar-refractivity contribution in [1.82, 2.24) is 24.9 Å². The fraction of sp³-hybridized carbons (Fsp3) is 0.517. The lowest BCUT2D eigenvalue weighted by Gasteiger charge is -2.40. The van der Waals surface area contributed by atoms with Crippen LogP contribution in [0.25, 0.3) is 22.4 Å².